The maximum atomic E-state index is 14.3. The van der Waals surface area contributed by atoms with Gasteiger partial charge >= 0.3 is 12.1 Å². The third-order valence-electron chi connectivity index (χ3n) is 5.01. The number of hydrogen-bond donors (Lipinski definition) is 0. The highest BCUT2D eigenvalue weighted by atomic mass is 32.2. The van der Waals surface area contributed by atoms with Crippen LogP contribution in [0.5, 0.6) is 5.75 Å². The first kappa shape index (κ1) is 25.3. The summed E-state index contributed by atoms with van der Waals surface area (Å²) in [4.78, 5) is 17.2. The van der Waals surface area contributed by atoms with Crippen molar-refractivity contribution in [1.82, 2.24) is 9.94 Å². The van der Waals surface area contributed by atoms with Crippen molar-refractivity contribution in [3.8, 4) is 28.1 Å². The number of halogens is 3. The van der Waals surface area contributed by atoms with Gasteiger partial charge in [0, 0.05) is 23.8 Å². The summed E-state index contributed by atoms with van der Waals surface area (Å²) in [6.07, 6.45) is -3.61. The van der Waals surface area contributed by atoms with E-state index in [1.165, 1.54) is 49.6 Å². The normalized spacial score (nSPS) is 12.0. The van der Waals surface area contributed by atoms with Crippen LogP contribution in [0.3, 0.4) is 0 Å². The molecule has 34 heavy (non-hydrogen) atoms. The van der Waals surface area contributed by atoms with Crippen LogP contribution in [0.2, 0.25) is 0 Å². The molecule has 1 aromatic heterocycles. The molecule has 11 heteroatoms. The molecule has 0 radical (unpaired) electrons. The molecule has 1 heterocycles. The zero-order valence-electron chi connectivity index (χ0n) is 18.9. The fourth-order valence-electron chi connectivity index (χ4n) is 3.43. The van der Waals surface area contributed by atoms with Crippen LogP contribution in [-0.4, -0.2) is 37.7 Å². The molecule has 3 rings (SSSR count). The van der Waals surface area contributed by atoms with E-state index < -0.39 is 27.7 Å². The molecule has 0 aliphatic rings. The molecule has 0 bridgehead atoms. The van der Waals surface area contributed by atoms with Crippen LogP contribution in [0, 0.1) is 6.92 Å². The van der Waals surface area contributed by atoms with Crippen molar-refractivity contribution in [2.24, 2.45) is 0 Å². The minimum Gasteiger partial charge on any atom is -0.496 e. The third kappa shape index (κ3) is 5.24. The van der Waals surface area contributed by atoms with E-state index in [0.29, 0.717) is 17.7 Å². The second kappa shape index (κ2) is 9.49. The molecular formula is C23H23F3N2O5S. The molecule has 0 atom stereocenters. The topological polar surface area (TPSA) is 87.5 Å². The molecule has 0 aliphatic heterocycles. The van der Waals surface area contributed by atoms with Crippen LogP contribution in [0.1, 0.15) is 31.0 Å². The predicted octanol–water partition coefficient (Wildman–Crippen LogP) is 4.71. The van der Waals surface area contributed by atoms with E-state index in [9.17, 15) is 26.4 Å². The van der Waals surface area contributed by atoms with E-state index in [2.05, 4.69) is 5.10 Å². The number of ether oxygens (including phenoxy) is 1. The lowest BCUT2D eigenvalue weighted by molar-refractivity contribution is -0.162. The van der Waals surface area contributed by atoms with Crippen molar-refractivity contribution in [1.29, 1.82) is 0 Å². The van der Waals surface area contributed by atoms with Gasteiger partial charge in [-0.2, -0.15) is 13.2 Å². The third-order valence-corrected chi connectivity index (χ3v) is 6.13. The molecule has 0 spiro atoms. The number of aromatic nitrogens is 2. The van der Waals surface area contributed by atoms with Crippen molar-refractivity contribution in [2.75, 3.05) is 13.4 Å². The highest BCUT2D eigenvalue weighted by Gasteiger charge is 2.42. The Labute approximate surface area is 195 Å². The lowest BCUT2D eigenvalue weighted by atomic mass is 9.97. The molecule has 0 aliphatic carbocycles. The van der Waals surface area contributed by atoms with Gasteiger partial charge in [-0.3, -0.25) is 0 Å². The Kier molecular flexibility index (Phi) is 7.06. The number of sulfone groups is 1. The largest absolute Gasteiger partial charge is 0.496 e. The van der Waals surface area contributed by atoms with Gasteiger partial charge in [-0.1, -0.05) is 30.0 Å². The molecule has 7 nitrogen and oxygen atoms in total. The van der Waals surface area contributed by atoms with E-state index >= 15 is 0 Å². The van der Waals surface area contributed by atoms with E-state index in [1.807, 2.05) is 0 Å². The number of methoxy groups -OCH3 is 1. The average Bonchev–Trinajstić information content (AvgIpc) is 3.12. The van der Waals surface area contributed by atoms with Crippen LogP contribution >= 0.6 is 0 Å². The lowest BCUT2D eigenvalue weighted by Crippen LogP contribution is -2.26. The highest BCUT2D eigenvalue weighted by molar-refractivity contribution is 7.90. The molecule has 0 saturated heterocycles. The molecule has 2 aromatic carbocycles. The number of benzene rings is 2. The Morgan fingerprint density at radius 3 is 2.21 bits per heavy atom. The van der Waals surface area contributed by atoms with E-state index in [0.717, 1.165) is 6.26 Å². The minimum atomic E-state index is -4.92. The maximum absolute atomic E-state index is 14.3. The molecule has 0 N–H and O–H groups in total. The second-order valence-corrected chi connectivity index (χ2v) is 9.65. The van der Waals surface area contributed by atoms with Crippen molar-refractivity contribution in [3.05, 3.63) is 53.7 Å². The molecule has 182 valence electrons. The van der Waals surface area contributed by atoms with Crippen molar-refractivity contribution in [2.45, 2.75) is 37.8 Å². The number of hydrogen-bond acceptors (Lipinski definition) is 6. The van der Waals surface area contributed by atoms with Gasteiger partial charge < -0.3 is 9.57 Å². The van der Waals surface area contributed by atoms with E-state index in [1.54, 1.807) is 13.8 Å². The Balaban J connectivity index is 2.32. The maximum Gasteiger partial charge on any atom is 0.437 e. The van der Waals surface area contributed by atoms with Gasteiger partial charge in [0.15, 0.2) is 15.5 Å². The standard InChI is InChI=1S/C23H23F3N2O5S/c1-5-6-19(29)33-28-22(23(24,25)26)20(16-9-12-18(32-3)14(2)13-16)21(27-28)15-7-10-17(11-8-15)34(4,30)31/h7-13H,5-6H2,1-4H3. The van der Waals surface area contributed by atoms with Crippen LogP contribution in [0.25, 0.3) is 22.4 Å². The summed E-state index contributed by atoms with van der Waals surface area (Å²) in [7, 11) is -2.07. The number of aryl methyl sites for hydroxylation is 1. The first-order valence-corrected chi connectivity index (χ1v) is 12.1. The SMILES string of the molecule is CCCC(=O)On1nc(-c2ccc(S(C)(=O)=O)cc2)c(-c2ccc(OC)c(C)c2)c1C(F)(F)F. The zero-order valence-corrected chi connectivity index (χ0v) is 19.7. The quantitative estimate of drug-likeness (QED) is 0.471. The fraction of sp³-hybridized carbons (Fsp3) is 0.304. The molecule has 0 fully saturated rings. The van der Waals surface area contributed by atoms with Crippen LogP contribution < -0.4 is 9.57 Å². The molecule has 0 unspecified atom stereocenters. The van der Waals surface area contributed by atoms with Gasteiger partial charge in [-0.25, -0.2) is 13.2 Å². The Hall–Kier alpha value is -3.34. The molecule has 3 aromatic rings. The Morgan fingerprint density at radius 1 is 1.09 bits per heavy atom. The van der Waals surface area contributed by atoms with Crippen molar-refractivity contribution in [3.63, 3.8) is 0 Å². The molecule has 0 amide bonds. The molecule has 0 saturated carbocycles. The number of alkyl halides is 3. The van der Waals surface area contributed by atoms with Crippen LogP contribution in [0.15, 0.2) is 47.4 Å². The van der Waals surface area contributed by atoms with Gasteiger partial charge in [-0.15, -0.1) is 5.10 Å². The molecular weight excluding hydrogens is 473 g/mol. The smallest absolute Gasteiger partial charge is 0.437 e. The number of nitrogens with zero attached hydrogens (tertiary/aromatic N) is 2. The van der Waals surface area contributed by atoms with Gasteiger partial charge in [0.1, 0.15) is 11.4 Å². The van der Waals surface area contributed by atoms with Gasteiger partial charge in [0.2, 0.25) is 0 Å². The summed E-state index contributed by atoms with van der Waals surface area (Å²) >= 11 is 0. The summed E-state index contributed by atoms with van der Waals surface area (Å²) in [6, 6.07) is 9.77. The number of rotatable bonds is 7. The van der Waals surface area contributed by atoms with Gasteiger partial charge in [0.05, 0.1) is 12.0 Å². The summed E-state index contributed by atoms with van der Waals surface area (Å²) in [5.74, 6) is -0.384. The van der Waals surface area contributed by atoms with E-state index in [-0.39, 0.29) is 38.5 Å². The fourth-order valence-corrected chi connectivity index (χ4v) is 4.06. The monoisotopic (exact) mass is 496 g/mol. The summed E-state index contributed by atoms with van der Waals surface area (Å²) in [5, 5.41) is 3.98. The van der Waals surface area contributed by atoms with Gasteiger partial charge in [0.25, 0.3) is 0 Å². The van der Waals surface area contributed by atoms with Crippen molar-refractivity contribution < 1.29 is 36.0 Å². The van der Waals surface area contributed by atoms with Gasteiger partial charge in [-0.05, 0) is 48.7 Å². The van der Waals surface area contributed by atoms with Crippen LogP contribution in [-0.2, 0) is 20.8 Å². The summed E-state index contributed by atoms with van der Waals surface area (Å²) in [6.45, 7) is 3.37. The highest BCUT2D eigenvalue weighted by Crippen LogP contribution is 2.43. The number of carbonyl (C=O) groups is 1. The number of carbonyl (C=O) groups excluding carboxylic acids is 1. The predicted molar refractivity (Wildman–Crippen MR) is 119 cm³/mol. The first-order chi connectivity index (χ1) is 15.9. The second-order valence-electron chi connectivity index (χ2n) is 7.64. The summed E-state index contributed by atoms with van der Waals surface area (Å²) in [5.41, 5.74) is -0.723. The Morgan fingerprint density at radius 2 is 1.71 bits per heavy atom. The lowest BCUT2D eigenvalue weighted by Gasteiger charge is -2.13. The Bertz CT molecular complexity index is 1310. The van der Waals surface area contributed by atoms with Crippen LogP contribution in [0.4, 0.5) is 13.2 Å². The minimum absolute atomic E-state index is 0.00273. The zero-order chi connectivity index (χ0) is 25.3. The van der Waals surface area contributed by atoms with Crippen molar-refractivity contribution >= 4 is 15.8 Å². The average molecular weight is 497 g/mol. The summed E-state index contributed by atoms with van der Waals surface area (Å²) < 4.78 is 71.6. The van der Waals surface area contributed by atoms with E-state index in [4.69, 9.17) is 9.57 Å². The first-order valence-electron chi connectivity index (χ1n) is 10.2.